The number of carbonyl (C=O) groups excluding carboxylic acids is 1. The molecule has 0 radical (unpaired) electrons. The number of carboxylic acids is 1. The zero-order valence-corrected chi connectivity index (χ0v) is 16.4. The Hall–Kier alpha value is -3.49. The minimum atomic E-state index is -1.32. The van der Waals surface area contributed by atoms with Gasteiger partial charge in [0.15, 0.2) is 0 Å². The van der Waals surface area contributed by atoms with E-state index in [1.807, 2.05) is 0 Å². The molecule has 4 rings (SSSR count). The third-order valence-electron chi connectivity index (χ3n) is 4.46. The first kappa shape index (κ1) is 19.8. The minimum Gasteiger partial charge on any atom is -0.478 e. The molecule has 0 aliphatic rings. The summed E-state index contributed by atoms with van der Waals surface area (Å²) >= 11 is 12.2. The topological polar surface area (TPSA) is 94.2 Å². The molecule has 0 saturated heterocycles. The maximum atomic E-state index is 14.7. The molecule has 2 heterocycles. The normalized spacial score (nSPS) is 11.0. The highest BCUT2D eigenvalue weighted by molar-refractivity contribution is 6.39. The summed E-state index contributed by atoms with van der Waals surface area (Å²) in [6.45, 7) is 0. The van der Waals surface area contributed by atoms with E-state index in [0.29, 0.717) is 0 Å². The smallest absolute Gasteiger partial charge is 0.341 e. The fourth-order valence-electron chi connectivity index (χ4n) is 3.11. The molecular formula is C20H10Cl2FN3O4. The molecule has 0 fully saturated rings. The molecule has 0 amide bonds. The zero-order chi connectivity index (χ0) is 21.6. The van der Waals surface area contributed by atoms with Crippen LogP contribution in [0, 0.1) is 5.82 Å². The molecule has 0 atom stereocenters. The van der Waals surface area contributed by atoms with Gasteiger partial charge in [0.25, 0.3) is 5.91 Å². The number of hydrogen-bond acceptors (Lipinski definition) is 4. The molecule has 10 heteroatoms. The summed E-state index contributed by atoms with van der Waals surface area (Å²) in [6, 6.07) is 8.98. The molecule has 0 unspecified atom stereocenters. The zero-order valence-electron chi connectivity index (χ0n) is 14.8. The second-order valence-corrected chi connectivity index (χ2v) is 7.01. The van der Waals surface area contributed by atoms with E-state index in [9.17, 15) is 18.8 Å². The Balaban J connectivity index is 2.02. The number of hydrogen-bond donors (Lipinski definition) is 1. The van der Waals surface area contributed by atoms with Gasteiger partial charge in [0.05, 0.1) is 44.1 Å². The lowest BCUT2D eigenvalue weighted by Gasteiger charge is -2.07. The first-order chi connectivity index (χ1) is 14.3. The van der Waals surface area contributed by atoms with Crippen LogP contribution in [0.2, 0.25) is 10.0 Å². The minimum absolute atomic E-state index is 0.0428. The van der Waals surface area contributed by atoms with Gasteiger partial charge in [-0.05, 0) is 36.4 Å². The quantitative estimate of drug-likeness (QED) is 0.513. The Morgan fingerprint density at radius 1 is 1.03 bits per heavy atom. The second kappa shape index (κ2) is 7.40. The fraction of sp³-hybridized carbons (Fsp3) is 0. The van der Waals surface area contributed by atoms with E-state index in [4.69, 9.17) is 28.3 Å². The monoisotopic (exact) mass is 445 g/mol. The summed E-state index contributed by atoms with van der Waals surface area (Å²) in [5, 5.41) is 9.12. The largest absolute Gasteiger partial charge is 0.478 e. The predicted octanol–water partition coefficient (Wildman–Crippen LogP) is 4.02. The van der Waals surface area contributed by atoms with Crippen LogP contribution in [0.1, 0.15) is 20.7 Å². The molecule has 2 aromatic carbocycles. The molecule has 0 aliphatic carbocycles. The van der Waals surface area contributed by atoms with Crippen molar-refractivity contribution in [1.82, 2.24) is 14.1 Å². The third-order valence-corrected chi connectivity index (χ3v) is 5.09. The van der Waals surface area contributed by atoms with E-state index in [0.717, 1.165) is 27.3 Å². The highest BCUT2D eigenvalue weighted by atomic mass is 35.5. The van der Waals surface area contributed by atoms with Crippen LogP contribution in [-0.2, 0) is 0 Å². The Morgan fingerprint density at radius 3 is 2.37 bits per heavy atom. The molecule has 1 N–H and O–H groups in total. The number of imidazole rings is 1. The van der Waals surface area contributed by atoms with Gasteiger partial charge in [-0.3, -0.25) is 14.3 Å². The standard InChI is InChI=1S/C20H10Cl2FN3O4/c21-11-2-1-3-12(22)17(11)18(27)26-16-9-24-7-6-15(16)25(20(26)30)14-5-4-10(19(28)29)8-13(14)23/h1-9H,(H,28,29). The van der Waals surface area contributed by atoms with Gasteiger partial charge in [-0.25, -0.2) is 18.5 Å². The van der Waals surface area contributed by atoms with Crippen LogP contribution in [0.25, 0.3) is 16.7 Å². The van der Waals surface area contributed by atoms with Gasteiger partial charge in [-0.2, -0.15) is 0 Å². The van der Waals surface area contributed by atoms with Crippen molar-refractivity contribution in [3.8, 4) is 5.69 Å². The first-order valence-corrected chi connectivity index (χ1v) is 9.16. The Labute approximate surface area is 177 Å². The summed E-state index contributed by atoms with van der Waals surface area (Å²) in [7, 11) is 0. The van der Waals surface area contributed by atoms with Gasteiger partial charge in [0.2, 0.25) is 0 Å². The summed E-state index contributed by atoms with van der Waals surface area (Å²) < 4.78 is 16.4. The maximum Gasteiger partial charge on any atom is 0.341 e. The van der Waals surface area contributed by atoms with Gasteiger partial charge >= 0.3 is 11.7 Å². The Bertz CT molecular complexity index is 1390. The van der Waals surface area contributed by atoms with Gasteiger partial charge < -0.3 is 5.11 Å². The number of fused-ring (bicyclic) bond motifs is 1. The van der Waals surface area contributed by atoms with Crippen molar-refractivity contribution in [3.63, 3.8) is 0 Å². The van der Waals surface area contributed by atoms with Crippen LogP contribution in [0.5, 0.6) is 0 Å². The number of rotatable bonds is 3. The Morgan fingerprint density at radius 2 is 1.73 bits per heavy atom. The molecule has 0 aliphatic heterocycles. The van der Waals surface area contributed by atoms with Crippen LogP contribution < -0.4 is 5.69 Å². The summed E-state index contributed by atoms with van der Waals surface area (Å²) in [6.07, 6.45) is 2.65. The van der Waals surface area contributed by atoms with E-state index in [2.05, 4.69) is 4.98 Å². The number of halogens is 3. The van der Waals surface area contributed by atoms with E-state index >= 15 is 0 Å². The van der Waals surface area contributed by atoms with Crippen molar-refractivity contribution in [3.05, 3.63) is 92.3 Å². The molecule has 7 nitrogen and oxygen atoms in total. The van der Waals surface area contributed by atoms with Crippen molar-refractivity contribution in [1.29, 1.82) is 0 Å². The molecule has 2 aromatic heterocycles. The lowest BCUT2D eigenvalue weighted by atomic mass is 10.2. The maximum absolute atomic E-state index is 14.7. The van der Waals surface area contributed by atoms with Crippen LogP contribution in [-0.4, -0.2) is 31.1 Å². The van der Waals surface area contributed by atoms with E-state index in [-0.39, 0.29) is 37.9 Å². The molecule has 30 heavy (non-hydrogen) atoms. The number of carbonyl (C=O) groups is 2. The molecule has 0 saturated carbocycles. The molecule has 0 spiro atoms. The molecule has 0 bridgehead atoms. The first-order valence-electron chi connectivity index (χ1n) is 8.40. The number of aromatic nitrogens is 3. The lowest BCUT2D eigenvalue weighted by molar-refractivity contribution is 0.0696. The summed E-state index contributed by atoms with van der Waals surface area (Å²) in [5.41, 5.74) is -1.20. The van der Waals surface area contributed by atoms with Crippen LogP contribution in [0.4, 0.5) is 4.39 Å². The van der Waals surface area contributed by atoms with E-state index in [1.54, 1.807) is 6.07 Å². The summed E-state index contributed by atoms with van der Waals surface area (Å²) in [4.78, 5) is 41.4. The molecule has 150 valence electrons. The lowest BCUT2D eigenvalue weighted by Crippen LogP contribution is -2.29. The molecule has 4 aromatic rings. The highest BCUT2D eigenvalue weighted by Crippen LogP contribution is 2.27. The van der Waals surface area contributed by atoms with Crippen molar-refractivity contribution in [2.75, 3.05) is 0 Å². The van der Waals surface area contributed by atoms with Gasteiger partial charge in [0, 0.05) is 6.20 Å². The van der Waals surface area contributed by atoms with Gasteiger partial charge in [-0.1, -0.05) is 29.3 Å². The van der Waals surface area contributed by atoms with Crippen LogP contribution in [0.3, 0.4) is 0 Å². The van der Waals surface area contributed by atoms with Crippen molar-refractivity contribution in [2.45, 2.75) is 0 Å². The number of nitrogens with zero attached hydrogens (tertiary/aromatic N) is 3. The number of aromatic carboxylic acids is 1. The highest BCUT2D eigenvalue weighted by Gasteiger charge is 2.25. The average molecular weight is 446 g/mol. The predicted molar refractivity (Wildman–Crippen MR) is 108 cm³/mol. The Kier molecular flexibility index (Phi) is 4.89. The third kappa shape index (κ3) is 3.06. The molecular weight excluding hydrogens is 436 g/mol. The number of benzene rings is 2. The SMILES string of the molecule is O=C(O)c1ccc(-n2c(=O)n(C(=O)c3c(Cl)cccc3Cl)c3cnccc32)c(F)c1. The van der Waals surface area contributed by atoms with Crippen LogP contribution in [0.15, 0.2) is 59.7 Å². The van der Waals surface area contributed by atoms with E-state index < -0.39 is 23.4 Å². The van der Waals surface area contributed by atoms with Crippen LogP contribution >= 0.6 is 23.2 Å². The fourth-order valence-corrected chi connectivity index (χ4v) is 3.67. The second-order valence-electron chi connectivity index (χ2n) is 6.19. The van der Waals surface area contributed by atoms with Crippen molar-refractivity contribution < 1.29 is 19.1 Å². The van der Waals surface area contributed by atoms with Gasteiger partial charge in [-0.15, -0.1) is 0 Å². The average Bonchev–Trinajstić information content (AvgIpc) is 2.99. The number of pyridine rings is 1. The van der Waals surface area contributed by atoms with E-state index in [1.165, 1.54) is 30.6 Å². The summed E-state index contributed by atoms with van der Waals surface area (Å²) in [5.74, 6) is -3.08. The van der Waals surface area contributed by atoms with Gasteiger partial charge in [0.1, 0.15) is 5.82 Å². The number of carboxylic acid groups (broad SMARTS) is 1. The van der Waals surface area contributed by atoms with Crippen molar-refractivity contribution in [2.24, 2.45) is 0 Å². The van der Waals surface area contributed by atoms with Crippen molar-refractivity contribution >= 4 is 46.1 Å².